The van der Waals surface area contributed by atoms with Crippen molar-refractivity contribution in [2.45, 2.75) is 32.6 Å². The van der Waals surface area contributed by atoms with Crippen LogP contribution in [0.3, 0.4) is 0 Å². The second-order valence-electron chi connectivity index (χ2n) is 7.87. The Morgan fingerprint density at radius 1 is 1.13 bits per heavy atom. The van der Waals surface area contributed by atoms with Gasteiger partial charge in [-0.05, 0) is 36.5 Å². The lowest BCUT2D eigenvalue weighted by Crippen LogP contribution is -2.51. The van der Waals surface area contributed by atoms with Crippen molar-refractivity contribution in [3.05, 3.63) is 72.6 Å². The van der Waals surface area contributed by atoms with Gasteiger partial charge in [-0.25, -0.2) is 4.39 Å². The Balaban J connectivity index is 1.79. The quantitative estimate of drug-likeness (QED) is 0.692. The molecule has 1 aliphatic rings. The van der Waals surface area contributed by atoms with Crippen molar-refractivity contribution in [1.29, 1.82) is 0 Å². The van der Waals surface area contributed by atoms with Crippen LogP contribution in [0.5, 0.6) is 0 Å². The Hall–Kier alpha value is -2.95. The molecule has 0 unspecified atom stereocenters. The highest BCUT2D eigenvalue weighted by atomic mass is 19.1. The number of hydrogen-bond acceptors (Lipinski definition) is 2. The first-order valence-corrected chi connectivity index (χ1v) is 10.5. The molecule has 0 atom stereocenters. The number of piperidine rings is 1. The second-order valence-corrected chi connectivity index (χ2v) is 7.87. The number of benzene rings is 2. The van der Waals surface area contributed by atoms with Crippen molar-refractivity contribution in [1.82, 2.24) is 10.2 Å². The Kier molecular flexibility index (Phi) is 7.03. The SMILES string of the molecule is C=CCNC(=O)C1(Cc2ccc(-c3ccccc3F)cc2)CCN(C(=O)CC)CC1. The molecule has 2 aromatic carbocycles. The molecule has 1 heterocycles. The summed E-state index contributed by atoms with van der Waals surface area (Å²) >= 11 is 0. The fraction of sp³-hybridized carbons (Fsp3) is 0.360. The van der Waals surface area contributed by atoms with Crippen LogP contribution in [0.25, 0.3) is 11.1 Å². The lowest BCUT2D eigenvalue weighted by molar-refractivity contribution is -0.140. The Morgan fingerprint density at radius 2 is 1.80 bits per heavy atom. The van der Waals surface area contributed by atoms with Gasteiger partial charge < -0.3 is 10.2 Å². The molecule has 0 bridgehead atoms. The number of nitrogens with one attached hydrogen (secondary N) is 1. The molecule has 0 saturated carbocycles. The average molecular weight is 409 g/mol. The minimum absolute atomic E-state index is 0.00387. The van der Waals surface area contributed by atoms with Crippen LogP contribution in [0.2, 0.25) is 0 Å². The second kappa shape index (κ2) is 9.70. The summed E-state index contributed by atoms with van der Waals surface area (Å²) in [7, 11) is 0. The van der Waals surface area contributed by atoms with Gasteiger partial charge in [-0.1, -0.05) is 55.5 Å². The van der Waals surface area contributed by atoms with E-state index in [0.29, 0.717) is 50.9 Å². The zero-order valence-corrected chi connectivity index (χ0v) is 17.5. The van der Waals surface area contributed by atoms with Crippen molar-refractivity contribution >= 4 is 11.8 Å². The smallest absolute Gasteiger partial charge is 0.226 e. The Bertz CT molecular complexity index is 900. The van der Waals surface area contributed by atoms with E-state index in [1.54, 1.807) is 18.2 Å². The van der Waals surface area contributed by atoms with Crippen LogP contribution >= 0.6 is 0 Å². The minimum Gasteiger partial charge on any atom is -0.352 e. The predicted molar refractivity (Wildman–Crippen MR) is 117 cm³/mol. The maximum atomic E-state index is 14.1. The summed E-state index contributed by atoms with van der Waals surface area (Å²) < 4.78 is 14.1. The van der Waals surface area contributed by atoms with E-state index in [-0.39, 0.29) is 17.6 Å². The highest BCUT2D eigenvalue weighted by Crippen LogP contribution is 2.36. The van der Waals surface area contributed by atoms with E-state index in [0.717, 1.165) is 11.1 Å². The van der Waals surface area contributed by atoms with Gasteiger partial charge >= 0.3 is 0 Å². The molecule has 1 saturated heterocycles. The minimum atomic E-state index is -0.562. The van der Waals surface area contributed by atoms with Crippen LogP contribution in [-0.4, -0.2) is 36.3 Å². The Morgan fingerprint density at radius 3 is 2.40 bits per heavy atom. The van der Waals surface area contributed by atoms with Gasteiger partial charge in [-0.3, -0.25) is 9.59 Å². The van der Waals surface area contributed by atoms with Crippen molar-refractivity contribution < 1.29 is 14.0 Å². The van der Waals surface area contributed by atoms with Gasteiger partial charge in [0.15, 0.2) is 0 Å². The van der Waals surface area contributed by atoms with E-state index in [4.69, 9.17) is 0 Å². The normalized spacial score (nSPS) is 15.5. The molecule has 0 spiro atoms. The van der Waals surface area contributed by atoms with Crippen molar-refractivity contribution in [3.8, 4) is 11.1 Å². The van der Waals surface area contributed by atoms with E-state index < -0.39 is 5.41 Å². The molecule has 158 valence electrons. The van der Waals surface area contributed by atoms with Gasteiger partial charge in [0.05, 0.1) is 5.41 Å². The maximum absolute atomic E-state index is 14.1. The van der Waals surface area contributed by atoms with E-state index in [1.165, 1.54) is 6.07 Å². The summed E-state index contributed by atoms with van der Waals surface area (Å²) in [5, 5.41) is 2.96. The molecule has 0 aliphatic carbocycles. The summed E-state index contributed by atoms with van der Waals surface area (Å²) in [5.74, 6) is -0.119. The van der Waals surface area contributed by atoms with Gasteiger partial charge in [-0.15, -0.1) is 6.58 Å². The molecule has 0 radical (unpaired) electrons. The van der Waals surface area contributed by atoms with Crippen LogP contribution in [0, 0.1) is 11.2 Å². The zero-order chi connectivity index (χ0) is 21.6. The molecule has 30 heavy (non-hydrogen) atoms. The molecule has 1 aliphatic heterocycles. The number of carbonyl (C=O) groups excluding carboxylic acids is 2. The summed E-state index contributed by atoms with van der Waals surface area (Å²) in [6.07, 6.45) is 3.98. The number of hydrogen-bond donors (Lipinski definition) is 1. The third-order valence-corrected chi connectivity index (χ3v) is 5.95. The standard InChI is InChI=1S/C25H29FN2O2/c1-3-15-27-24(30)25(13-16-28(17-14-25)23(29)4-2)18-19-9-11-20(12-10-19)21-7-5-6-8-22(21)26/h3,5-12H,1,4,13-18H2,2H3,(H,27,30). The van der Waals surface area contributed by atoms with Crippen molar-refractivity contribution in [2.24, 2.45) is 5.41 Å². The molecule has 2 aromatic rings. The van der Waals surface area contributed by atoms with E-state index >= 15 is 0 Å². The molecule has 5 heteroatoms. The molecule has 4 nitrogen and oxygen atoms in total. The van der Waals surface area contributed by atoms with Crippen LogP contribution in [0.15, 0.2) is 61.2 Å². The molecular formula is C25H29FN2O2. The molecular weight excluding hydrogens is 379 g/mol. The first-order chi connectivity index (χ1) is 14.5. The highest BCUT2D eigenvalue weighted by Gasteiger charge is 2.41. The first kappa shape index (κ1) is 21.8. The lowest BCUT2D eigenvalue weighted by Gasteiger charge is -2.41. The molecule has 1 fully saturated rings. The molecule has 1 N–H and O–H groups in total. The summed E-state index contributed by atoms with van der Waals surface area (Å²) in [6.45, 7) is 7.13. The van der Waals surface area contributed by atoms with Crippen molar-refractivity contribution in [3.63, 3.8) is 0 Å². The zero-order valence-electron chi connectivity index (χ0n) is 17.5. The molecule has 0 aromatic heterocycles. The fourth-order valence-electron chi connectivity index (χ4n) is 4.13. The summed E-state index contributed by atoms with van der Waals surface area (Å²) in [4.78, 5) is 27.0. The highest BCUT2D eigenvalue weighted by molar-refractivity contribution is 5.84. The number of amides is 2. The monoisotopic (exact) mass is 408 g/mol. The number of likely N-dealkylation sites (tertiary alicyclic amines) is 1. The predicted octanol–water partition coefficient (Wildman–Crippen LogP) is 4.36. The van der Waals surface area contributed by atoms with Gasteiger partial charge in [0.2, 0.25) is 11.8 Å². The number of rotatable bonds is 7. The van der Waals surface area contributed by atoms with Gasteiger partial charge in [0.1, 0.15) is 5.82 Å². The van der Waals surface area contributed by atoms with Gasteiger partial charge in [0.25, 0.3) is 0 Å². The number of nitrogens with zero attached hydrogens (tertiary/aromatic N) is 1. The topological polar surface area (TPSA) is 49.4 Å². The lowest BCUT2D eigenvalue weighted by atomic mass is 9.72. The maximum Gasteiger partial charge on any atom is 0.226 e. The van der Waals surface area contributed by atoms with Crippen LogP contribution in [-0.2, 0) is 16.0 Å². The van der Waals surface area contributed by atoms with Crippen LogP contribution < -0.4 is 5.32 Å². The van der Waals surface area contributed by atoms with Gasteiger partial charge in [0, 0.05) is 31.6 Å². The van der Waals surface area contributed by atoms with Crippen LogP contribution in [0.4, 0.5) is 4.39 Å². The summed E-state index contributed by atoms with van der Waals surface area (Å²) in [5.41, 5.74) is 1.84. The number of halogens is 1. The van der Waals surface area contributed by atoms with Crippen molar-refractivity contribution in [2.75, 3.05) is 19.6 Å². The third-order valence-electron chi connectivity index (χ3n) is 5.95. The average Bonchev–Trinajstić information content (AvgIpc) is 2.78. The first-order valence-electron chi connectivity index (χ1n) is 10.5. The van der Waals surface area contributed by atoms with E-state index in [9.17, 15) is 14.0 Å². The molecule has 3 rings (SSSR count). The largest absolute Gasteiger partial charge is 0.352 e. The van der Waals surface area contributed by atoms with E-state index in [2.05, 4.69) is 11.9 Å². The van der Waals surface area contributed by atoms with Gasteiger partial charge in [-0.2, -0.15) is 0 Å². The van der Waals surface area contributed by atoms with E-state index in [1.807, 2.05) is 42.2 Å². The molecule has 2 amide bonds. The number of carbonyl (C=O) groups is 2. The third kappa shape index (κ3) is 4.78. The summed E-state index contributed by atoms with van der Waals surface area (Å²) in [6, 6.07) is 14.4. The fourth-order valence-corrected chi connectivity index (χ4v) is 4.13. The van der Waals surface area contributed by atoms with Crippen LogP contribution in [0.1, 0.15) is 31.7 Å². The Labute approximate surface area is 177 Å².